The second-order valence-electron chi connectivity index (χ2n) is 3.35. The summed E-state index contributed by atoms with van der Waals surface area (Å²) in [5.41, 5.74) is 7.95. The first-order chi connectivity index (χ1) is 7.95. The smallest absolute Gasteiger partial charge is 0.164 e. The average Bonchev–Trinajstić information content (AvgIpc) is 2.35. The first kappa shape index (κ1) is 15.8. The van der Waals surface area contributed by atoms with E-state index in [9.17, 15) is 20.1 Å². The van der Waals surface area contributed by atoms with Crippen molar-refractivity contribution in [3.8, 4) is 0 Å². The fraction of sp³-hybridized carbons (Fsp3) is 0.875. The van der Waals surface area contributed by atoms with Gasteiger partial charge in [0.25, 0.3) is 0 Å². The fourth-order valence-electron chi connectivity index (χ4n) is 1.07. The molecule has 0 unspecified atom stereocenters. The Morgan fingerprint density at radius 1 is 1.24 bits per heavy atom. The number of aliphatic hydroxyl groups is 5. The highest BCUT2D eigenvalue weighted by atomic mass is 16.4. The minimum absolute atomic E-state index is 0.183. The second-order valence-corrected chi connectivity index (χ2v) is 3.35. The topological polar surface area (TPSA) is 167 Å². The Labute approximate surface area is 96.6 Å². The van der Waals surface area contributed by atoms with Crippen LogP contribution in [0.2, 0.25) is 0 Å². The molecule has 0 aliphatic heterocycles. The fourth-order valence-corrected chi connectivity index (χ4v) is 1.07. The predicted molar refractivity (Wildman–Crippen MR) is 54.8 cm³/mol. The van der Waals surface area contributed by atoms with Crippen LogP contribution < -0.4 is 0 Å². The maximum Gasteiger partial charge on any atom is 0.164 e. The Balaban J connectivity index is 4.32. The lowest BCUT2D eigenvalue weighted by Crippen LogP contribution is -2.48. The third-order valence-electron chi connectivity index (χ3n) is 2.11. The number of hydrogen-bond donors (Lipinski definition) is 5. The summed E-state index contributed by atoms with van der Waals surface area (Å²) >= 11 is 0. The highest BCUT2D eigenvalue weighted by molar-refractivity contribution is 5.83. The predicted octanol–water partition coefficient (Wildman–Crippen LogP) is -2.31. The van der Waals surface area contributed by atoms with Gasteiger partial charge in [0.2, 0.25) is 0 Å². The number of hydrogen-bond acceptors (Lipinski definition) is 7. The van der Waals surface area contributed by atoms with Crippen molar-refractivity contribution in [2.75, 3.05) is 13.2 Å². The summed E-state index contributed by atoms with van der Waals surface area (Å²) in [5, 5.41) is 48.4. The van der Waals surface area contributed by atoms with Gasteiger partial charge in [-0.25, -0.2) is 0 Å². The molecular formula is C8H15N3O6. The number of azide groups is 1. The molecule has 0 aromatic heterocycles. The third kappa shape index (κ3) is 5.09. The number of aliphatic hydroxyl groups excluding tert-OH is 5. The number of carbonyl (C=O) groups excluding carboxylic acids is 1. The van der Waals surface area contributed by atoms with E-state index in [1.165, 1.54) is 0 Å². The van der Waals surface area contributed by atoms with E-state index in [1.807, 2.05) is 0 Å². The first-order valence-electron chi connectivity index (χ1n) is 4.82. The zero-order valence-electron chi connectivity index (χ0n) is 8.92. The maximum atomic E-state index is 11.2. The van der Waals surface area contributed by atoms with Crippen molar-refractivity contribution in [2.45, 2.75) is 30.8 Å². The van der Waals surface area contributed by atoms with Crippen molar-refractivity contribution in [1.82, 2.24) is 0 Å². The summed E-state index contributed by atoms with van der Waals surface area (Å²) < 4.78 is 0. The van der Waals surface area contributed by atoms with Crippen LogP contribution in [-0.4, -0.2) is 68.9 Å². The van der Waals surface area contributed by atoms with Crippen LogP contribution in [-0.2, 0) is 4.79 Å². The van der Waals surface area contributed by atoms with Crippen LogP contribution in [0, 0.1) is 0 Å². The summed E-state index contributed by atoms with van der Waals surface area (Å²) in [4.78, 5) is 13.6. The highest BCUT2D eigenvalue weighted by Gasteiger charge is 2.33. The van der Waals surface area contributed by atoms with Gasteiger partial charge in [-0.2, -0.15) is 0 Å². The van der Waals surface area contributed by atoms with E-state index in [4.69, 9.17) is 15.7 Å². The Bertz CT molecular complexity index is 293. The summed E-state index contributed by atoms with van der Waals surface area (Å²) in [6.45, 7) is -1.00. The summed E-state index contributed by atoms with van der Waals surface area (Å²) in [5.74, 6) is -0.839. The number of ketones is 1. The van der Waals surface area contributed by atoms with Crippen LogP contribution in [0.4, 0.5) is 0 Å². The van der Waals surface area contributed by atoms with Crippen LogP contribution in [0.3, 0.4) is 0 Å². The molecule has 0 aromatic carbocycles. The van der Waals surface area contributed by atoms with Gasteiger partial charge in [0, 0.05) is 17.9 Å². The van der Waals surface area contributed by atoms with E-state index >= 15 is 0 Å². The lowest BCUT2D eigenvalue weighted by molar-refractivity contribution is -0.146. The molecule has 9 heteroatoms. The lowest BCUT2D eigenvalue weighted by Gasteiger charge is -2.24. The second kappa shape index (κ2) is 7.96. The number of nitrogens with zero attached hydrogens (tertiary/aromatic N) is 3. The molecule has 0 aliphatic carbocycles. The third-order valence-corrected chi connectivity index (χ3v) is 2.11. The molecule has 4 atom stereocenters. The number of rotatable bonds is 8. The Morgan fingerprint density at radius 2 is 1.82 bits per heavy atom. The van der Waals surface area contributed by atoms with Gasteiger partial charge in [-0.3, -0.25) is 4.79 Å². The van der Waals surface area contributed by atoms with E-state index in [1.54, 1.807) is 0 Å². The van der Waals surface area contributed by atoms with Crippen LogP contribution in [0.5, 0.6) is 0 Å². The van der Waals surface area contributed by atoms with Crippen molar-refractivity contribution < 1.29 is 30.3 Å². The standard InChI is InChI=1S/C8H15N3O6/c9-11-10-2-1-4(13)6(15)8(17)7(16)5(14)3-12/h5-8,12,14-17H,1-3H2/t5-,6+,7+,8-/m1/s1. The Morgan fingerprint density at radius 3 is 2.29 bits per heavy atom. The zero-order valence-corrected chi connectivity index (χ0v) is 8.92. The van der Waals surface area contributed by atoms with Crippen molar-refractivity contribution >= 4 is 5.78 Å². The van der Waals surface area contributed by atoms with E-state index < -0.39 is 36.8 Å². The molecule has 5 N–H and O–H groups in total. The zero-order chi connectivity index (χ0) is 13.4. The molecule has 0 heterocycles. The molecule has 98 valence electrons. The minimum Gasteiger partial charge on any atom is -0.394 e. The van der Waals surface area contributed by atoms with Crippen molar-refractivity contribution in [2.24, 2.45) is 5.11 Å². The molecule has 9 nitrogen and oxygen atoms in total. The number of Topliss-reactive ketones (excluding diaryl/α,β-unsaturated/α-hetero) is 1. The van der Waals surface area contributed by atoms with E-state index in [0.29, 0.717) is 0 Å². The molecule has 0 fully saturated rings. The quantitative estimate of drug-likeness (QED) is 0.184. The van der Waals surface area contributed by atoms with Crippen LogP contribution in [0.15, 0.2) is 5.11 Å². The molecule has 0 bridgehead atoms. The van der Waals surface area contributed by atoms with Crippen molar-refractivity contribution in [3.05, 3.63) is 10.4 Å². The van der Waals surface area contributed by atoms with E-state index in [2.05, 4.69) is 10.0 Å². The van der Waals surface area contributed by atoms with Gasteiger partial charge < -0.3 is 25.5 Å². The summed E-state index contributed by atoms with van der Waals surface area (Å²) in [7, 11) is 0. The molecule has 0 radical (unpaired) electrons. The molecule has 0 aliphatic rings. The van der Waals surface area contributed by atoms with Gasteiger partial charge in [0.05, 0.1) is 6.61 Å². The van der Waals surface area contributed by atoms with Crippen LogP contribution >= 0.6 is 0 Å². The molecule has 0 amide bonds. The van der Waals surface area contributed by atoms with Crippen LogP contribution in [0.25, 0.3) is 10.4 Å². The van der Waals surface area contributed by atoms with E-state index in [0.717, 1.165) is 0 Å². The lowest BCUT2D eigenvalue weighted by atomic mass is 9.99. The monoisotopic (exact) mass is 249 g/mol. The average molecular weight is 249 g/mol. The highest BCUT2D eigenvalue weighted by Crippen LogP contribution is 2.07. The maximum absolute atomic E-state index is 11.2. The molecule has 0 aromatic rings. The normalized spacial score (nSPS) is 17.7. The molecule has 17 heavy (non-hydrogen) atoms. The first-order valence-corrected chi connectivity index (χ1v) is 4.82. The SMILES string of the molecule is [N-]=[N+]=NCCC(=O)[C@H](O)[C@@H](O)[C@@H](O)[C@H](O)CO. The molecule has 0 saturated carbocycles. The molecule has 0 rings (SSSR count). The molecular weight excluding hydrogens is 234 g/mol. The number of carbonyl (C=O) groups is 1. The van der Waals surface area contributed by atoms with E-state index in [-0.39, 0.29) is 13.0 Å². The van der Waals surface area contributed by atoms with Gasteiger partial charge in [0.1, 0.15) is 24.4 Å². The Hall–Kier alpha value is -1.22. The van der Waals surface area contributed by atoms with Gasteiger partial charge in [-0.15, -0.1) is 0 Å². The van der Waals surface area contributed by atoms with Crippen molar-refractivity contribution in [3.63, 3.8) is 0 Å². The minimum atomic E-state index is -1.92. The largest absolute Gasteiger partial charge is 0.394 e. The summed E-state index contributed by atoms with van der Waals surface area (Å²) in [6.07, 6.45) is -7.65. The van der Waals surface area contributed by atoms with Crippen LogP contribution in [0.1, 0.15) is 6.42 Å². The Kier molecular flexibility index (Phi) is 7.39. The van der Waals surface area contributed by atoms with Crippen molar-refractivity contribution in [1.29, 1.82) is 0 Å². The van der Waals surface area contributed by atoms with Gasteiger partial charge in [0.15, 0.2) is 5.78 Å². The van der Waals surface area contributed by atoms with Gasteiger partial charge in [-0.1, -0.05) is 5.11 Å². The van der Waals surface area contributed by atoms with Gasteiger partial charge >= 0.3 is 0 Å². The molecule has 0 saturated heterocycles. The van der Waals surface area contributed by atoms with Gasteiger partial charge in [-0.05, 0) is 5.53 Å². The molecule has 0 spiro atoms. The summed E-state index contributed by atoms with van der Waals surface area (Å²) in [6, 6.07) is 0.